The van der Waals surface area contributed by atoms with Crippen LogP contribution < -0.4 is 40.0 Å². The maximum absolute atomic E-state index is 14.1. The van der Waals surface area contributed by atoms with Crippen LogP contribution in [0.4, 0.5) is 10.1 Å². The van der Waals surface area contributed by atoms with Crippen LogP contribution in [0.3, 0.4) is 0 Å². The molecule has 43 heavy (non-hydrogen) atoms. The Morgan fingerprint density at radius 3 is 2.12 bits per heavy atom. The number of carbonyl (C=O) groups is 2. The molecule has 0 saturated carbocycles. The molecule has 3 aromatic carbocycles. The first-order valence-electron chi connectivity index (χ1n) is 13.8. The van der Waals surface area contributed by atoms with Crippen LogP contribution in [0.25, 0.3) is 22.4 Å². The molecule has 4 aromatic rings. The van der Waals surface area contributed by atoms with Gasteiger partial charge in [0, 0.05) is 35.9 Å². The van der Waals surface area contributed by atoms with Crippen molar-refractivity contribution in [3.63, 3.8) is 0 Å². The Morgan fingerprint density at radius 2 is 1.53 bits per heavy atom. The fourth-order valence-electron chi connectivity index (χ4n) is 5.22. The molecule has 0 bridgehead atoms. The molecule has 0 fully saturated rings. The number of hydrogen-bond acceptors (Lipinski definition) is 6. The molecule has 4 rings (SSSR count). The maximum Gasteiger partial charge on any atom is 1.00 e. The molecule has 0 aliphatic carbocycles. The minimum atomic E-state index is -1.41. The van der Waals surface area contributed by atoms with Gasteiger partial charge in [-0.2, -0.15) is 0 Å². The maximum atomic E-state index is 14.1. The van der Waals surface area contributed by atoms with E-state index in [-0.39, 0.29) is 66.5 Å². The number of aromatic nitrogens is 1. The van der Waals surface area contributed by atoms with E-state index in [4.69, 9.17) is 0 Å². The van der Waals surface area contributed by atoms with Gasteiger partial charge in [0.15, 0.2) is 0 Å². The van der Waals surface area contributed by atoms with Gasteiger partial charge in [-0.3, -0.25) is 4.79 Å². The predicted octanol–water partition coefficient (Wildman–Crippen LogP) is 1.69. The van der Waals surface area contributed by atoms with E-state index in [1.807, 2.05) is 48.7 Å². The minimum absolute atomic E-state index is 0. The summed E-state index contributed by atoms with van der Waals surface area (Å²) in [5.41, 5.74) is 4.30. The van der Waals surface area contributed by atoms with Crippen LogP contribution in [0.2, 0.25) is 0 Å². The van der Waals surface area contributed by atoms with Crippen LogP contribution in [0.1, 0.15) is 55.1 Å². The monoisotopic (exact) mass is 596 g/mol. The Kier molecular flexibility index (Phi) is 12.1. The van der Waals surface area contributed by atoms with Gasteiger partial charge in [-0.25, -0.2) is 4.39 Å². The van der Waals surface area contributed by atoms with E-state index in [0.717, 1.165) is 5.56 Å². The van der Waals surface area contributed by atoms with Gasteiger partial charge >= 0.3 is 29.6 Å². The van der Waals surface area contributed by atoms with Gasteiger partial charge in [-0.05, 0) is 78.4 Å². The number of nitrogens with one attached hydrogen (secondary N) is 1. The number of rotatable bonds is 12. The number of halogens is 1. The number of aliphatic hydroxyl groups is 2. The van der Waals surface area contributed by atoms with Gasteiger partial charge in [-0.1, -0.05) is 44.2 Å². The number of aliphatic hydroxyl groups excluding tert-OH is 2. The number of carboxylic acids is 1. The number of phenolic OH excluding ortho intramolecular Hbond substituents is 1. The van der Waals surface area contributed by atoms with Crippen molar-refractivity contribution in [2.75, 3.05) is 5.32 Å². The second kappa shape index (κ2) is 15.3. The molecule has 1 aromatic heterocycles. The van der Waals surface area contributed by atoms with Crippen molar-refractivity contribution in [2.45, 2.75) is 57.8 Å². The summed E-state index contributed by atoms with van der Waals surface area (Å²) in [5.74, 6) is -2.30. The van der Waals surface area contributed by atoms with E-state index in [9.17, 15) is 34.4 Å². The van der Waals surface area contributed by atoms with Crippen LogP contribution in [0.15, 0.2) is 78.9 Å². The first-order chi connectivity index (χ1) is 20.0. The zero-order valence-electron chi connectivity index (χ0n) is 24.5. The van der Waals surface area contributed by atoms with Gasteiger partial charge < -0.3 is 35.1 Å². The fourth-order valence-corrected chi connectivity index (χ4v) is 5.22. The Hall–Kier alpha value is -3.47. The molecule has 2 atom stereocenters. The van der Waals surface area contributed by atoms with Gasteiger partial charge in [0.05, 0.1) is 23.5 Å². The number of carbonyl (C=O) groups excluding carboxylic acids is 2. The Morgan fingerprint density at radius 1 is 0.907 bits per heavy atom. The van der Waals surface area contributed by atoms with Crippen molar-refractivity contribution in [2.24, 2.45) is 0 Å². The number of phenols is 1. The van der Waals surface area contributed by atoms with Gasteiger partial charge in [0.25, 0.3) is 5.91 Å². The summed E-state index contributed by atoms with van der Waals surface area (Å²) in [6.07, 6.45) is -2.88. The van der Waals surface area contributed by atoms with Crippen molar-refractivity contribution in [1.29, 1.82) is 0 Å². The van der Waals surface area contributed by atoms with Gasteiger partial charge in [0.2, 0.25) is 0 Å². The first kappa shape index (κ1) is 34.0. The third kappa shape index (κ3) is 8.55. The SMILES string of the molecule is CC(C)c1c(C(=O)Nc2ccc(O)cc2)c(-c2ccccc2)c(-c2ccc(F)cc2)n1CC[C@@H](O)C[C@@H](O)CC(=O)[O-].[Na+]. The van der Waals surface area contributed by atoms with Crippen LogP contribution in [0.5, 0.6) is 5.75 Å². The largest absolute Gasteiger partial charge is 1.00 e. The molecule has 220 valence electrons. The summed E-state index contributed by atoms with van der Waals surface area (Å²) in [5, 5.41) is 44.2. The van der Waals surface area contributed by atoms with E-state index >= 15 is 0 Å². The number of aromatic hydroxyl groups is 1. The standard InChI is InChI=1S/C33H35FN2O6.Na/c1-20(2)31-30(33(42)35-24-12-14-25(37)15-13-24)29(21-6-4-3-5-7-21)32(22-8-10-23(34)11-9-22)36(31)17-16-26(38)18-27(39)19-28(40)41;/h3-15,20,26-27,37-39H,16-19H2,1-2H3,(H,35,42)(H,40,41);/q;+1/p-1/t26-,27-;/m1./s1. The topological polar surface area (TPSA) is 135 Å². The molecule has 0 aliphatic rings. The summed E-state index contributed by atoms with van der Waals surface area (Å²) in [7, 11) is 0. The van der Waals surface area contributed by atoms with Crippen molar-refractivity contribution >= 4 is 17.6 Å². The number of amides is 1. The van der Waals surface area contributed by atoms with E-state index < -0.39 is 30.4 Å². The molecule has 10 heteroatoms. The molecule has 1 heterocycles. The summed E-state index contributed by atoms with van der Waals surface area (Å²) in [4.78, 5) is 24.9. The van der Waals surface area contributed by atoms with E-state index in [0.29, 0.717) is 33.8 Å². The van der Waals surface area contributed by atoms with Crippen LogP contribution >= 0.6 is 0 Å². The minimum Gasteiger partial charge on any atom is -0.550 e. The van der Waals surface area contributed by atoms with Crippen molar-refractivity contribution in [3.05, 3.63) is 95.9 Å². The van der Waals surface area contributed by atoms with E-state index in [1.54, 1.807) is 24.3 Å². The average Bonchev–Trinajstić information content (AvgIpc) is 3.29. The van der Waals surface area contributed by atoms with Crippen LogP contribution in [-0.4, -0.2) is 44.0 Å². The molecule has 0 saturated heterocycles. The number of carboxylic acid groups (broad SMARTS) is 1. The van der Waals surface area contributed by atoms with E-state index in [2.05, 4.69) is 5.32 Å². The zero-order valence-corrected chi connectivity index (χ0v) is 26.5. The second-order valence-electron chi connectivity index (χ2n) is 10.6. The Balaban J connectivity index is 0.00000506. The molecule has 4 N–H and O–H groups in total. The Bertz CT molecular complexity index is 1520. The fraction of sp³-hybridized carbons (Fsp3) is 0.273. The smallest absolute Gasteiger partial charge is 0.550 e. The van der Waals surface area contributed by atoms with Crippen LogP contribution in [0, 0.1) is 5.82 Å². The molecule has 0 unspecified atom stereocenters. The third-order valence-electron chi connectivity index (χ3n) is 7.02. The quantitative estimate of drug-likeness (QED) is 0.145. The normalized spacial score (nSPS) is 12.4. The number of aliphatic carboxylic acids is 1. The number of nitrogens with zero attached hydrogens (tertiary/aromatic N) is 1. The van der Waals surface area contributed by atoms with Crippen LogP contribution in [-0.2, 0) is 11.3 Å². The molecular weight excluding hydrogens is 562 g/mol. The summed E-state index contributed by atoms with van der Waals surface area (Å²) in [6, 6.07) is 21.5. The van der Waals surface area contributed by atoms with Crippen molar-refractivity contribution in [3.8, 4) is 28.1 Å². The van der Waals surface area contributed by atoms with E-state index in [1.165, 1.54) is 24.3 Å². The Labute approximate surface area is 272 Å². The molecule has 0 spiro atoms. The van der Waals surface area contributed by atoms with Crippen molar-refractivity contribution in [1.82, 2.24) is 4.57 Å². The molecule has 8 nitrogen and oxygen atoms in total. The van der Waals surface area contributed by atoms with Gasteiger partial charge in [-0.15, -0.1) is 0 Å². The summed E-state index contributed by atoms with van der Waals surface area (Å²) < 4.78 is 16.0. The summed E-state index contributed by atoms with van der Waals surface area (Å²) >= 11 is 0. The zero-order chi connectivity index (χ0) is 30.4. The van der Waals surface area contributed by atoms with Crippen molar-refractivity contribution < 1.29 is 64.0 Å². The first-order valence-corrected chi connectivity index (χ1v) is 13.8. The molecule has 1 amide bonds. The second-order valence-corrected chi connectivity index (χ2v) is 10.6. The third-order valence-corrected chi connectivity index (χ3v) is 7.02. The number of benzene rings is 3. The molecule has 0 aliphatic heterocycles. The predicted molar refractivity (Wildman–Crippen MR) is 156 cm³/mol. The van der Waals surface area contributed by atoms with Gasteiger partial charge in [0.1, 0.15) is 11.6 Å². The molecular formula is C33H34FN2NaO6. The summed E-state index contributed by atoms with van der Waals surface area (Å²) in [6.45, 7) is 4.13. The number of hydrogen-bond donors (Lipinski definition) is 4. The average molecular weight is 597 g/mol. The molecule has 0 radical (unpaired) electrons. The number of anilines is 1.